The summed E-state index contributed by atoms with van der Waals surface area (Å²) < 4.78 is 0. The van der Waals surface area contributed by atoms with Gasteiger partial charge in [-0.05, 0) is 55.8 Å². The number of nitrogens with one attached hydrogen (secondary N) is 4. The average Bonchev–Trinajstić information content (AvgIpc) is 3.26. The molecule has 2 aromatic rings. The van der Waals surface area contributed by atoms with Crippen molar-refractivity contribution in [1.82, 2.24) is 20.8 Å². The minimum Gasteiger partial charge on any atom is -0.368 e. The second-order valence-corrected chi connectivity index (χ2v) is 7.82. The number of thiocarbonyl (C=S) groups is 1. The molecule has 4 N–H and O–H groups in total. The molecule has 0 spiro atoms. The first kappa shape index (κ1) is 17.3. The summed E-state index contributed by atoms with van der Waals surface area (Å²) in [5.41, 5.74) is -0.162. The molecule has 2 aliphatic rings. The molecule has 0 amide bonds. The van der Waals surface area contributed by atoms with E-state index in [1.165, 1.54) is 25.7 Å². The van der Waals surface area contributed by atoms with E-state index in [2.05, 4.69) is 26.1 Å². The number of anilines is 1. The van der Waals surface area contributed by atoms with Crippen LogP contribution in [-0.4, -0.2) is 34.4 Å². The maximum Gasteiger partial charge on any atom is 0.272 e. The standard InChI is InChI=1S/C19H25N5OS/c25-18-15-5-2-1-4-14(15)17(23-24-18)20-8-3-9-21-19(26)22-16-11-12-6-7-13(16)10-12/h1-2,4-5,12-13,16H,3,6-11H2,(H,20,23)(H,24,25)(H2,21,22,26)/t12-,13+,16?/m1/s1. The van der Waals surface area contributed by atoms with Gasteiger partial charge in [0.25, 0.3) is 5.56 Å². The van der Waals surface area contributed by atoms with Gasteiger partial charge in [-0.1, -0.05) is 24.6 Å². The molecular weight excluding hydrogens is 346 g/mol. The van der Waals surface area contributed by atoms with Gasteiger partial charge in [-0.15, -0.1) is 0 Å². The quantitative estimate of drug-likeness (QED) is 0.461. The third-order valence-electron chi connectivity index (χ3n) is 5.68. The fourth-order valence-electron chi connectivity index (χ4n) is 4.39. The molecular formula is C19H25N5OS. The summed E-state index contributed by atoms with van der Waals surface area (Å²) in [4.78, 5) is 11.8. The smallest absolute Gasteiger partial charge is 0.272 e. The Morgan fingerprint density at radius 2 is 2.04 bits per heavy atom. The van der Waals surface area contributed by atoms with Crippen molar-refractivity contribution in [2.24, 2.45) is 11.8 Å². The Hall–Kier alpha value is -2.15. The molecule has 26 heavy (non-hydrogen) atoms. The van der Waals surface area contributed by atoms with Crippen LogP contribution in [0.15, 0.2) is 29.1 Å². The molecule has 1 heterocycles. The zero-order chi connectivity index (χ0) is 17.9. The van der Waals surface area contributed by atoms with E-state index in [0.29, 0.717) is 17.2 Å². The fourth-order valence-corrected chi connectivity index (χ4v) is 4.64. The average molecular weight is 372 g/mol. The second kappa shape index (κ2) is 7.61. The van der Waals surface area contributed by atoms with Crippen molar-refractivity contribution in [3.05, 3.63) is 34.6 Å². The molecule has 2 aliphatic carbocycles. The van der Waals surface area contributed by atoms with Crippen LogP contribution < -0.4 is 21.5 Å². The third-order valence-corrected chi connectivity index (χ3v) is 5.94. The number of aromatic amines is 1. The Kier molecular flexibility index (Phi) is 5.06. The Morgan fingerprint density at radius 1 is 1.19 bits per heavy atom. The molecule has 0 aliphatic heterocycles. The molecule has 0 saturated heterocycles. The Labute approximate surface area is 158 Å². The first-order valence-corrected chi connectivity index (χ1v) is 9.87. The lowest BCUT2D eigenvalue weighted by Crippen LogP contribution is -2.44. The first-order chi connectivity index (χ1) is 12.7. The third kappa shape index (κ3) is 3.67. The lowest BCUT2D eigenvalue weighted by molar-refractivity contribution is 0.389. The predicted octanol–water partition coefficient (Wildman–Crippen LogP) is 2.38. The van der Waals surface area contributed by atoms with E-state index in [4.69, 9.17) is 12.2 Å². The maximum absolute atomic E-state index is 11.8. The largest absolute Gasteiger partial charge is 0.368 e. The van der Waals surface area contributed by atoms with E-state index in [0.717, 1.165) is 41.8 Å². The highest BCUT2D eigenvalue weighted by atomic mass is 32.1. The molecule has 1 unspecified atom stereocenters. The summed E-state index contributed by atoms with van der Waals surface area (Å²) in [6.45, 7) is 1.56. The number of hydrogen-bond acceptors (Lipinski definition) is 4. The van der Waals surface area contributed by atoms with Crippen LogP contribution in [0.3, 0.4) is 0 Å². The van der Waals surface area contributed by atoms with Crippen LogP contribution in [0.25, 0.3) is 10.8 Å². The Morgan fingerprint density at radius 3 is 2.81 bits per heavy atom. The van der Waals surface area contributed by atoms with E-state index in [1.54, 1.807) is 0 Å². The van der Waals surface area contributed by atoms with Gasteiger partial charge in [0.05, 0.1) is 5.39 Å². The van der Waals surface area contributed by atoms with Crippen LogP contribution in [-0.2, 0) is 0 Å². The van der Waals surface area contributed by atoms with Crippen molar-refractivity contribution in [3.8, 4) is 0 Å². The molecule has 1 aromatic carbocycles. The molecule has 138 valence electrons. The molecule has 2 bridgehead atoms. The predicted molar refractivity (Wildman–Crippen MR) is 108 cm³/mol. The zero-order valence-electron chi connectivity index (χ0n) is 14.8. The highest BCUT2D eigenvalue weighted by Gasteiger charge is 2.39. The highest BCUT2D eigenvalue weighted by Crippen LogP contribution is 2.44. The monoisotopic (exact) mass is 371 g/mol. The van der Waals surface area contributed by atoms with E-state index in [1.807, 2.05) is 24.3 Å². The Balaban J connectivity index is 1.20. The van der Waals surface area contributed by atoms with Gasteiger partial charge < -0.3 is 16.0 Å². The lowest BCUT2D eigenvalue weighted by Gasteiger charge is -2.24. The van der Waals surface area contributed by atoms with Crippen molar-refractivity contribution in [1.29, 1.82) is 0 Å². The van der Waals surface area contributed by atoms with Gasteiger partial charge in [0.2, 0.25) is 0 Å². The number of benzene rings is 1. The van der Waals surface area contributed by atoms with E-state index < -0.39 is 0 Å². The van der Waals surface area contributed by atoms with Crippen molar-refractivity contribution >= 4 is 33.9 Å². The van der Waals surface area contributed by atoms with Gasteiger partial charge in [-0.2, -0.15) is 5.10 Å². The normalized spacial score (nSPS) is 23.9. The van der Waals surface area contributed by atoms with E-state index >= 15 is 0 Å². The summed E-state index contributed by atoms with van der Waals surface area (Å²) in [6.07, 6.45) is 6.33. The first-order valence-electron chi connectivity index (χ1n) is 9.46. The molecule has 2 fully saturated rings. The van der Waals surface area contributed by atoms with Crippen molar-refractivity contribution < 1.29 is 0 Å². The molecule has 1 aromatic heterocycles. The van der Waals surface area contributed by atoms with Crippen molar-refractivity contribution in [2.75, 3.05) is 18.4 Å². The number of fused-ring (bicyclic) bond motifs is 3. The lowest BCUT2D eigenvalue weighted by atomic mass is 9.96. The van der Waals surface area contributed by atoms with Crippen LogP contribution in [0, 0.1) is 11.8 Å². The van der Waals surface area contributed by atoms with Crippen LogP contribution in [0.4, 0.5) is 5.82 Å². The zero-order valence-corrected chi connectivity index (χ0v) is 15.6. The van der Waals surface area contributed by atoms with Crippen molar-refractivity contribution in [3.63, 3.8) is 0 Å². The van der Waals surface area contributed by atoms with Crippen LogP contribution in [0.1, 0.15) is 32.1 Å². The van der Waals surface area contributed by atoms with Gasteiger partial charge in [0.1, 0.15) is 0 Å². The number of nitrogens with zero attached hydrogens (tertiary/aromatic N) is 1. The summed E-state index contributed by atoms with van der Waals surface area (Å²) >= 11 is 5.43. The highest BCUT2D eigenvalue weighted by molar-refractivity contribution is 7.80. The number of hydrogen-bond donors (Lipinski definition) is 4. The molecule has 7 heteroatoms. The minimum absolute atomic E-state index is 0.162. The van der Waals surface area contributed by atoms with Crippen molar-refractivity contribution in [2.45, 2.75) is 38.1 Å². The fraction of sp³-hybridized carbons (Fsp3) is 0.526. The molecule has 6 nitrogen and oxygen atoms in total. The molecule has 4 rings (SSSR count). The van der Waals surface area contributed by atoms with Crippen LogP contribution in [0.5, 0.6) is 0 Å². The SMILES string of the molecule is O=c1[nH]nc(NCCCNC(=S)NC2C[C@@H]3CC[C@H]2C3)c2ccccc12. The van der Waals surface area contributed by atoms with Gasteiger partial charge in [-0.3, -0.25) is 4.79 Å². The van der Waals surface area contributed by atoms with Gasteiger partial charge >= 0.3 is 0 Å². The number of H-pyrrole nitrogens is 1. The molecule has 0 radical (unpaired) electrons. The molecule has 3 atom stereocenters. The number of aromatic nitrogens is 2. The summed E-state index contributed by atoms with van der Waals surface area (Å²) in [5.74, 6) is 2.45. The van der Waals surface area contributed by atoms with Gasteiger partial charge in [0.15, 0.2) is 10.9 Å². The Bertz CT molecular complexity index is 851. The summed E-state index contributed by atoms with van der Waals surface area (Å²) in [5, 5.41) is 19.0. The van der Waals surface area contributed by atoms with E-state index in [9.17, 15) is 4.79 Å². The topological polar surface area (TPSA) is 81.8 Å². The summed E-state index contributed by atoms with van der Waals surface area (Å²) in [7, 11) is 0. The van der Waals surface area contributed by atoms with Gasteiger partial charge in [-0.25, -0.2) is 5.10 Å². The van der Waals surface area contributed by atoms with E-state index in [-0.39, 0.29) is 5.56 Å². The van der Waals surface area contributed by atoms with Crippen LogP contribution >= 0.6 is 12.2 Å². The second-order valence-electron chi connectivity index (χ2n) is 7.41. The van der Waals surface area contributed by atoms with Gasteiger partial charge in [0, 0.05) is 24.5 Å². The molecule has 2 saturated carbocycles. The summed E-state index contributed by atoms with van der Waals surface area (Å²) in [6, 6.07) is 8.06. The number of rotatable bonds is 6. The van der Waals surface area contributed by atoms with Crippen LogP contribution in [0.2, 0.25) is 0 Å². The maximum atomic E-state index is 11.8. The minimum atomic E-state index is -0.162.